The molecule has 6 heterocycles. The summed E-state index contributed by atoms with van der Waals surface area (Å²) in [5, 5.41) is 1.85. The lowest BCUT2D eigenvalue weighted by Crippen LogP contribution is -2.49. The standard InChI is InChI=1S/C26H25F2N5O5S.C24H25N5O4S/c27-24(28)25(35)31-16-23(34)20-3-6-21(30-15-20)17-33(26(36)32-10-12-39(37,38)13-11-32)22-7-4-18(5-8-22)19-2-1-9-29-14-19;25-14-23(30)20-3-6-21(27-16-20)17-29(24(31)28-10-12-34(32,33)13-11-28)22-7-4-18(5-8-22)19-2-1-9-26-15-19/h1-9,14-15,24H,10-13,16-17H2,(H,31,35);1-9,15-16H,10-14,17,25H2. The van der Waals surface area contributed by atoms with E-state index in [2.05, 4.69) is 19.9 Å². The Hall–Kier alpha value is -7.89. The van der Waals surface area contributed by atoms with Crippen molar-refractivity contribution in [1.82, 2.24) is 35.1 Å². The second-order valence-corrected chi connectivity index (χ2v) is 21.3. The summed E-state index contributed by atoms with van der Waals surface area (Å²) >= 11 is 0. The second-order valence-electron chi connectivity index (χ2n) is 16.7. The van der Waals surface area contributed by atoms with E-state index in [1.54, 1.807) is 58.9 Å². The quantitative estimate of drug-likeness (QED) is 0.140. The van der Waals surface area contributed by atoms with Crippen molar-refractivity contribution in [2.75, 3.05) is 72.1 Å². The first-order chi connectivity index (χ1) is 35.0. The summed E-state index contributed by atoms with van der Waals surface area (Å²) in [6.07, 6.45) is 6.33. The van der Waals surface area contributed by atoms with Crippen molar-refractivity contribution in [1.29, 1.82) is 0 Å². The zero-order valence-corrected chi connectivity index (χ0v) is 40.8. The van der Waals surface area contributed by atoms with Gasteiger partial charge in [-0.25, -0.2) is 26.4 Å². The predicted octanol–water partition coefficient (Wildman–Crippen LogP) is 4.71. The van der Waals surface area contributed by atoms with E-state index in [-0.39, 0.29) is 86.2 Å². The molecule has 2 saturated heterocycles. The van der Waals surface area contributed by atoms with Gasteiger partial charge < -0.3 is 20.9 Å². The van der Waals surface area contributed by atoms with Gasteiger partial charge >= 0.3 is 18.5 Å². The molecule has 3 N–H and O–H groups in total. The highest BCUT2D eigenvalue weighted by atomic mass is 32.2. The monoisotopic (exact) mass is 1040 g/mol. The molecule has 0 spiro atoms. The van der Waals surface area contributed by atoms with Crippen LogP contribution in [0.25, 0.3) is 22.3 Å². The van der Waals surface area contributed by atoms with Crippen LogP contribution in [0.15, 0.2) is 134 Å². The smallest absolute Gasteiger partial charge is 0.324 e. The third kappa shape index (κ3) is 14.4. The number of amides is 5. The molecule has 0 unspecified atom stereocenters. The minimum absolute atomic E-state index is 0.0188. The van der Waals surface area contributed by atoms with Gasteiger partial charge in [-0.15, -0.1) is 0 Å². The van der Waals surface area contributed by atoms with Crippen molar-refractivity contribution in [3.05, 3.63) is 157 Å². The fourth-order valence-electron chi connectivity index (χ4n) is 7.58. The Balaban J connectivity index is 0.000000216. The number of ketones is 2. The Labute approximate surface area is 419 Å². The zero-order valence-electron chi connectivity index (χ0n) is 39.2. The molecule has 2 aliphatic rings. The number of Topliss-reactive ketones (excluding diaryl/α,β-unsaturated/α-hetero) is 2. The van der Waals surface area contributed by atoms with E-state index in [0.717, 1.165) is 22.3 Å². The first kappa shape index (κ1) is 52.9. The SMILES string of the molecule is NCC(=O)c1ccc(CN(C(=O)N2CCS(=O)(=O)CC2)c2ccc(-c3cccnc3)cc2)nc1.O=C(CNC(=O)C(F)F)c1ccc(CN(C(=O)N2CCS(=O)(=O)CC2)c2ccc(-c3cccnc3)cc2)nc1. The molecule has 2 aromatic carbocycles. The van der Waals surface area contributed by atoms with Gasteiger partial charge in [0.15, 0.2) is 31.2 Å². The minimum atomic E-state index is -3.22. The van der Waals surface area contributed by atoms with Crippen LogP contribution >= 0.6 is 0 Å². The van der Waals surface area contributed by atoms with Gasteiger partial charge in [-0.3, -0.25) is 44.1 Å². The number of urea groups is 2. The van der Waals surface area contributed by atoms with Crippen LogP contribution in [0.5, 0.6) is 0 Å². The summed E-state index contributed by atoms with van der Waals surface area (Å²) in [7, 11) is -6.32. The predicted molar refractivity (Wildman–Crippen MR) is 268 cm³/mol. The summed E-state index contributed by atoms with van der Waals surface area (Å²) in [4.78, 5) is 84.9. The van der Waals surface area contributed by atoms with Crippen molar-refractivity contribution in [3.63, 3.8) is 0 Å². The molecular formula is C50H50F2N10O9S2. The molecule has 0 atom stereocenters. The molecule has 2 aliphatic heterocycles. The van der Waals surface area contributed by atoms with Gasteiger partial charge in [0.2, 0.25) is 0 Å². The maximum atomic E-state index is 13.5. The summed E-state index contributed by atoms with van der Waals surface area (Å²) in [5.74, 6) is -2.71. The number of rotatable bonds is 14. The average Bonchev–Trinajstić information content (AvgIpc) is 3.41. The van der Waals surface area contributed by atoms with Gasteiger partial charge in [0, 0.05) is 85.9 Å². The molecule has 0 saturated carbocycles. The van der Waals surface area contributed by atoms with Gasteiger partial charge in [0.1, 0.15) is 0 Å². The second kappa shape index (κ2) is 24.0. The fourth-order valence-corrected chi connectivity index (χ4v) is 9.98. The number of benzene rings is 2. The van der Waals surface area contributed by atoms with E-state index in [9.17, 15) is 49.6 Å². The highest BCUT2D eigenvalue weighted by Crippen LogP contribution is 2.27. The number of anilines is 2. The maximum Gasteiger partial charge on any atom is 0.324 e. The number of hydrogen-bond donors (Lipinski definition) is 2. The van der Waals surface area contributed by atoms with E-state index in [4.69, 9.17) is 5.73 Å². The Kier molecular flexibility index (Phi) is 17.4. The number of carbonyl (C=O) groups excluding carboxylic acids is 5. The van der Waals surface area contributed by atoms with Crippen molar-refractivity contribution >= 4 is 60.6 Å². The van der Waals surface area contributed by atoms with Crippen molar-refractivity contribution in [2.24, 2.45) is 5.73 Å². The summed E-state index contributed by atoms with van der Waals surface area (Å²) in [5.41, 5.74) is 11.8. The number of sulfone groups is 2. The van der Waals surface area contributed by atoms with E-state index in [0.29, 0.717) is 28.3 Å². The molecular weight excluding hydrogens is 987 g/mol. The van der Waals surface area contributed by atoms with Crippen LogP contribution in [0.2, 0.25) is 0 Å². The van der Waals surface area contributed by atoms with E-state index >= 15 is 0 Å². The number of nitrogens with one attached hydrogen (secondary N) is 1. The number of halogens is 2. The highest BCUT2D eigenvalue weighted by molar-refractivity contribution is 7.91. The number of pyridine rings is 4. The first-order valence-electron chi connectivity index (χ1n) is 22.8. The van der Waals surface area contributed by atoms with Gasteiger partial charge in [-0.1, -0.05) is 36.4 Å². The molecule has 0 bridgehead atoms. The van der Waals surface area contributed by atoms with Gasteiger partial charge in [0.05, 0.1) is 60.6 Å². The lowest BCUT2D eigenvalue weighted by Gasteiger charge is -2.33. The van der Waals surface area contributed by atoms with Crippen molar-refractivity contribution in [3.8, 4) is 22.3 Å². The first-order valence-corrected chi connectivity index (χ1v) is 26.4. The van der Waals surface area contributed by atoms with Gasteiger partial charge in [-0.05, 0) is 82.9 Å². The van der Waals surface area contributed by atoms with E-state index < -0.39 is 50.4 Å². The van der Waals surface area contributed by atoms with Gasteiger partial charge in [0.25, 0.3) is 5.91 Å². The Morgan fingerprint density at radius 1 is 0.562 bits per heavy atom. The van der Waals surface area contributed by atoms with Crippen molar-refractivity contribution < 1.29 is 49.6 Å². The Bertz CT molecular complexity index is 3100. The highest BCUT2D eigenvalue weighted by Gasteiger charge is 2.31. The third-order valence-electron chi connectivity index (χ3n) is 11.8. The molecule has 8 rings (SSSR count). The molecule has 380 valence electrons. The summed E-state index contributed by atoms with van der Waals surface area (Å²) in [6.45, 7) is -0.113. The topological polar surface area (TPSA) is 256 Å². The molecule has 19 nitrogen and oxygen atoms in total. The molecule has 5 amide bonds. The normalized spacial score (nSPS) is 14.8. The lowest BCUT2D eigenvalue weighted by molar-refractivity contribution is -0.131. The molecule has 0 radical (unpaired) electrons. The van der Waals surface area contributed by atoms with Crippen LogP contribution in [0.4, 0.5) is 29.7 Å². The number of nitrogens with zero attached hydrogens (tertiary/aromatic N) is 8. The number of carbonyl (C=O) groups is 5. The summed E-state index contributed by atoms with van der Waals surface area (Å²) in [6, 6.07) is 27.8. The van der Waals surface area contributed by atoms with Crippen LogP contribution in [-0.2, 0) is 37.6 Å². The van der Waals surface area contributed by atoms with Crippen LogP contribution < -0.4 is 20.9 Å². The lowest BCUT2D eigenvalue weighted by atomic mass is 10.1. The molecule has 4 aromatic heterocycles. The number of aromatic nitrogens is 4. The van der Waals surface area contributed by atoms with Crippen molar-refractivity contribution in [2.45, 2.75) is 19.5 Å². The van der Waals surface area contributed by atoms with Crippen LogP contribution in [0.3, 0.4) is 0 Å². The zero-order chi connectivity index (χ0) is 52.1. The number of hydrogen-bond acceptors (Lipinski definition) is 14. The molecule has 0 aliphatic carbocycles. The Morgan fingerprint density at radius 2 is 0.973 bits per heavy atom. The largest absolute Gasteiger partial charge is 0.344 e. The minimum Gasteiger partial charge on any atom is -0.344 e. The third-order valence-corrected chi connectivity index (χ3v) is 15.0. The molecule has 73 heavy (non-hydrogen) atoms. The molecule has 2 fully saturated rings. The molecule has 6 aromatic rings. The fraction of sp³-hybridized carbons (Fsp3) is 0.260. The van der Waals surface area contributed by atoms with Crippen LogP contribution in [0, 0.1) is 0 Å². The average molecular weight is 1040 g/mol. The number of nitrogens with two attached hydrogens (primary N) is 1. The van der Waals surface area contributed by atoms with Gasteiger partial charge in [-0.2, -0.15) is 8.78 Å². The summed E-state index contributed by atoms with van der Waals surface area (Å²) < 4.78 is 72.1. The molecule has 23 heteroatoms. The van der Waals surface area contributed by atoms with E-state index in [1.165, 1.54) is 34.3 Å². The van der Waals surface area contributed by atoms with E-state index in [1.807, 2.05) is 66.0 Å². The number of alkyl halides is 2. The Morgan fingerprint density at radius 3 is 1.32 bits per heavy atom. The van der Waals surface area contributed by atoms with Crippen LogP contribution in [0.1, 0.15) is 32.1 Å². The van der Waals surface area contributed by atoms with Crippen LogP contribution in [-0.4, -0.2) is 145 Å². The maximum absolute atomic E-state index is 13.5.